The molecule has 0 bridgehead atoms. The van der Waals surface area contributed by atoms with E-state index in [1.165, 1.54) is 0 Å². The van der Waals surface area contributed by atoms with Crippen molar-refractivity contribution in [3.05, 3.63) is 29.8 Å². The zero-order valence-corrected chi connectivity index (χ0v) is 15.6. The van der Waals surface area contributed by atoms with E-state index in [1.54, 1.807) is 6.92 Å². The molecule has 1 N–H and O–H groups in total. The molecule has 0 aliphatic carbocycles. The summed E-state index contributed by atoms with van der Waals surface area (Å²) in [5, 5.41) is 10.6. The summed E-state index contributed by atoms with van der Waals surface area (Å²) < 4.78 is 28.6. The lowest BCUT2D eigenvalue weighted by molar-refractivity contribution is -0.120. The zero-order valence-electron chi connectivity index (χ0n) is 13.9. The van der Waals surface area contributed by atoms with Gasteiger partial charge in [-0.3, -0.25) is 4.79 Å². The fourth-order valence-corrected chi connectivity index (χ4v) is 4.98. The van der Waals surface area contributed by atoms with E-state index in [0.717, 1.165) is 22.9 Å². The van der Waals surface area contributed by atoms with Crippen LogP contribution in [-0.2, 0) is 14.6 Å². The Morgan fingerprint density at radius 3 is 2.80 bits per heavy atom. The normalized spacial score (nSPS) is 20.3. The van der Waals surface area contributed by atoms with Crippen LogP contribution in [0.25, 0.3) is 11.5 Å². The molecular formula is C16H19N3O4S2. The molecule has 1 aromatic carbocycles. The van der Waals surface area contributed by atoms with Crippen molar-refractivity contribution >= 4 is 27.5 Å². The summed E-state index contributed by atoms with van der Waals surface area (Å²) >= 11 is 1.15. The maximum absolute atomic E-state index is 12.2. The lowest BCUT2D eigenvalue weighted by Crippen LogP contribution is -2.39. The molecule has 0 spiro atoms. The van der Waals surface area contributed by atoms with Gasteiger partial charge in [-0.05, 0) is 31.9 Å². The first-order valence-corrected chi connectivity index (χ1v) is 10.6. The van der Waals surface area contributed by atoms with E-state index in [9.17, 15) is 13.2 Å². The molecule has 3 rings (SSSR count). The maximum Gasteiger partial charge on any atom is 0.277 e. The lowest BCUT2D eigenvalue weighted by Gasteiger charge is -2.14. The molecule has 1 amide bonds. The minimum absolute atomic E-state index is 0.00805. The molecule has 0 saturated carbocycles. The second kappa shape index (κ2) is 7.17. The molecular weight excluding hydrogens is 362 g/mol. The Balaban J connectivity index is 1.61. The molecule has 1 aromatic heterocycles. The highest BCUT2D eigenvalue weighted by Crippen LogP contribution is 2.28. The Bertz CT molecular complexity index is 879. The Kier molecular flexibility index (Phi) is 5.14. The van der Waals surface area contributed by atoms with Gasteiger partial charge in [0.05, 0.1) is 16.8 Å². The van der Waals surface area contributed by atoms with Gasteiger partial charge in [-0.1, -0.05) is 30.0 Å². The number of hydrogen-bond donors (Lipinski definition) is 1. The predicted molar refractivity (Wildman–Crippen MR) is 95.0 cm³/mol. The molecule has 2 heterocycles. The van der Waals surface area contributed by atoms with Crippen molar-refractivity contribution in [2.75, 3.05) is 11.5 Å². The summed E-state index contributed by atoms with van der Waals surface area (Å²) in [5.74, 6) is 0.314. The van der Waals surface area contributed by atoms with Crippen LogP contribution in [-0.4, -0.2) is 47.3 Å². The number of benzene rings is 1. The highest BCUT2D eigenvalue weighted by Gasteiger charge is 2.30. The molecule has 1 aliphatic rings. The summed E-state index contributed by atoms with van der Waals surface area (Å²) in [6.45, 7) is 3.68. The minimum Gasteiger partial charge on any atom is -0.411 e. The monoisotopic (exact) mass is 381 g/mol. The number of aromatic nitrogens is 2. The number of thioether (sulfide) groups is 1. The summed E-state index contributed by atoms with van der Waals surface area (Å²) in [7, 11) is -3.02. The first-order valence-electron chi connectivity index (χ1n) is 7.91. The number of carbonyl (C=O) groups excluding carboxylic acids is 1. The average molecular weight is 381 g/mol. The van der Waals surface area contributed by atoms with Crippen LogP contribution in [0.4, 0.5) is 0 Å². The first-order chi connectivity index (χ1) is 11.8. The number of aryl methyl sites for hydroxylation is 1. The van der Waals surface area contributed by atoms with Gasteiger partial charge in [-0.2, -0.15) is 0 Å². The SMILES string of the molecule is Cc1ccccc1-c1nnc(S[C@@H](C)C(=O)N[C@H]2CCS(=O)(=O)C2)o1. The second-order valence-electron chi connectivity index (χ2n) is 6.06. The molecule has 9 heteroatoms. The Labute approximate surface area is 150 Å². The van der Waals surface area contributed by atoms with Gasteiger partial charge in [0.2, 0.25) is 11.8 Å². The van der Waals surface area contributed by atoms with Crippen LogP contribution in [0.2, 0.25) is 0 Å². The van der Waals surface area contributed by atoms with Crippen LogP contribution >= 0.6 is 11.8 Å². The summed E-state index contributed by atoms with van der Waals surface area (Å²) in [6.07, 6.45) is 0.462. The second-order valence-corrected chi connectivity index (χ2v) is 9.58. The third-order valence-corrected chi connectivity index (χ3v) is 6.71. The number of sulfone groups is 1. The third-order valence-electron chi connectivity index (χ3n) is 4.01. The number of carbonyl (C=O) groups is 1. The van der Waals surface area contributed by atoms with Crippen molar-refractivity contribution in [1.29, 1.82) is 0 Å². The number of rotatable bonds is 5. The minimum atomic E-state index is -3.02. The van der Waals surface area contributed by atoms with Crippen LogP contribution in [0, 0.1) is 6.92 Å². The number of nitrogens with one attached hydrogen (secondary N) is 1. The first kappa shape index (κ1) is 17.9. The van der Waals surface area contributed by atoms with Crippen molar-refractivity contribution in [2.45, 2.75) is 36.8 Å². The maximum atomic E-state index is 12.2. The number of hydrogen-bond acceptors (Lipinski definition) is 7. The molecule has 1 saturated heterocycles. The zero-order chi connectivity index (χ0) is 18.0. The largest absolute Gasteiger partial charge is 0.411 e. The van der Waals surface area contributed by atoms with E-state index in [4.69, 9.17) is 4.42 Å². The quantitative estimate of drug-likeness (QED) is 0.788. The third kappa shape index (κ3) is 4.40. The Morgan fingerprint density at radius 2 is 2.12 bits per heavy atom. The Morgan fingerprint density at radius 1 is 1.36 bits per heavy atom. The van der Waals surface area contributed by atoms with Gasteiger partial charge in [0, 0.05) is 11.6 Å². The highest BCUT2D eigenvalue weighted by molar-refractivity contribution is 8.00. The Hall–Kier alpha value is -1.87. The van der Waals surface area contributed by atoms with Gasteiger partial charge < -0.3 is 9.73 Å². The summed E-state index contributed by atoms with van der Waals surface area (Å²) in [5.41, 5.74) is 1.88. The van der Waals surface area contributed by atoms with Crippen molar-refractivity contribution in [3.8, 4) is 11.5 Å². The van der Waals surface area contributed by atoms with Gasteiger partial charge >= 0.3 is 0 Å². The smallest absolute Gasteiger partial charge is 0.277 e. The average Bonchev–Trinajstić information content (AvgIpc) is 3.14. The van der Waals surface area contributed by atoms with E-state index >= 15 is 0 Å². The lowest BCUT2D eigenvalue weighted by atomic mass is 10.1. The van der Waals surface area contributed by atoms with E-state index in [2.05, 4.69) is 15.5 Å². The standard InChI is InChI=1S/C16H19N3O4S2/c1-10-5-3-4-6-13(10)15-18-19-16(23-15)24-11(2)14(20)17-12-7-8-25(21,22)9-12/h3-6,11-12H,7-9H2,1-2H3,(H,17,20)/t11-,12-/m0/s1. The van der Waals surface area contributed by atoms with Crippen LogP contribution in [0.5, 0.6) is 0 Å². The van der Waals surface area contributed by atoms with Gasteiger partial charge in [-0.25, -0.2) is 8.42 Å². The van der Waals surface area contributed by atoms with Gasteiger partial charge in [-0.15, -0.1) is 10.2 Å². The summed E-state index contributed by atoms with van der Waals surface area (Å²) in [6, 6.07) is 7.36. The molecule has 134 valence electrons. The fraction of sp³-hybridized carbons (Fsp3) is 0.438. The molecule has 1 fully saturated rings. The summed E-state index contributed by atoms with van der Waals surface area (Å²) in [4.78, 5) is 12.2. The van der Waals surface area contributed by atoms with Crippen LogP contribution in [0.1, 0.15) is 18.9 Å². The molecule has 2 atom stereocenters. The van der Waals surface area contributed by atoms with Gasteiger partial charge in [0.1, 0.15) is 0 Å². The molecule has 0 unspecified atom stereocenters. The van der Waals surface area contributed by atoms with Gasteiger partial charge in [0.15, 0.2) is 9.84 Å². The van der Waals surface area contributed by atoms with E-state index in [0.29, 0.717) is 17.5 Å². The molecule has 1 aliphatic heterocycles. The topological polar surface area (TPSA) is 102 Å². The molecule has 25 heavy (non-hydrogen) atoms. The predicted octanol–water partition coefficient (Wildman–Crippen LogP) is 1.83. The van der Waals surface area contributed by atoms with E-state index in [-0.39, 0.29) is 23.5 Å². The fourth-order valence-electron chi connectivity index (χ4n) is 2.61. The van der Waals surface area contributed by atoms with Crippen LogP contribution in [0.15, 0.2) is 33.9 Å². The van der Waals surface area contributed by atoms with E-state index < -0.39 is 15.1 Å². The number of nitrogens with zero attached hydrogens (tertiary/aromatic N) is 2. The van der Waals surface area contributed by atoms with Crippen molar-refractivity contribution in [1.82, 2.24) is 15.5 Å². The van der Waals surface area contributed by atoms with Crippen LogP contribution in [0.3, 0.4) is 0 Å². The van der Waals surface area contributed by atoms with Crippen LogP contribution < -0.4 is 5.32 Å². The van der Waals surface area contributed by atoms with Gasteiger partial charge in [0.25, 0.3) is 5.22 Å². The molecule has 0 radical (unpaired) electrons. The highest BCUT2D eigenvalue weighted by atomic mass is 32.2. The molecule has 2 aromatic rings. The van der Waals surface area contributed by atoms with Crippen molar-refractivity contribution < 1.29 is 17.6 Å². The molecule has 7 nitrogen and oxygen atoms in total. The van der Waals surface area contributed by atoms with Crippen molar-refractivity contribution in [2.24, 2.45) is 0 Å². The van der Waals surface area contributed by atoms with E-state index in [1.807, 2.05) is 31.2 Å². The number of amides is 1. The van der Waals surface area contributed by atoms with Crippen molar-refractivity contribution in [3.63, 3.8) is 0 Å².